The largest absolute Gasteiger partial charge is 0.494 e. The summed E-state index contributed by atoms with van der Waals surface area (Å²) in [6, 6.07) is 5.37. The molecule has 0 saturated carbocycles. The molecule has 0 N–H and O–H groups in total. The van der Waals surface area contributed by atoms with Crippen molar-refractivity contribution in [2.75, 3.05) is 20.3 Å². The lowest BCUT2D eigenvalue weighted by molar-refractivity contribution is 0.0595. The van der Waals surface area contributed by atoms with Crippen molar-refractivity contribution in [2.45, 2.75) is 97.3 Å². The van der Waals surface area contributed by atoms with Crippen molar-refractivity contribution in [3.8, 4) is 11.5 Å². The molecule has 1 aromatic carbocycles. The maximum Gasteiger partial charge on any atom is 0.341 e. The number of ether oxygens (including phenoxy) is 3. The first-order valence-electron chi connectivity index (χ1n) is 11.7. The molecule has 166 valence electrons. The third-order valence-electron chi connectivity index (χ3n) is 5.08. The van der Waals surface area contributed by atoms with Crippen molar-refractivity contribution >= 4 is 5.97 Å². The summed E-state index contributed by atoms with van der Waals surface area (Å²) in [6.45, 7) is 5.55. The SMILES string of the molecule is CCCCCCCCCCCCCCOc1ccc(OCCC)c(C(=O)OC)c1. The number of hydrogen-bond donors (Lipinski definition) is 0. The summed E-state index contributed by atoms with van der Waals surface area (Å²) in [4.78, 5) is 12.0. The van der Waals surface area contributed by atoms with E-state index in [0.29, 0.717) is 30.3 Å². The standard InChI is InChI=1S/C25H42O4/c1-4-6-7-8-9-10-11-12-13-14-15-16-20-28-22-17-18-24(29-19-5-2)23(21-22)25(26)27-3/h17-18,21H,4-16,19-20H2,1-3H3. The van der Waals surface area contributed by atoms with Gasteiger partial charge in [-0.3, -0.25) is 0 Å². The van der Waals surface area contributed by atoms with Crippen LogP contribution >= 0.6 is 0 Å². The number of carbonyl (C=O) groups is 1. The van der Waals surface area contributed by atoms with Crippen molar-refractivity contribution in [1.29, 1.82) is 0 Å². The van der Waals surface area contributed by atoms with Gasteiger partial charge >= 0.3 is 5.97 Å². The molecule has 0 spiro atoms. The van der Waals surface area contributed by atoms with Crippen molar-refractivity contribution in [3.63, 3.8) is 0 Å². The summed E-state index contributed by atoms with van der Waals surface area (Å²) < 4.78 is 16.3. The molecule has 0 atom stereocenters. The second-order valence-electron chi connectivity index (χ2n) is 7.74. The zero-order chi connectivity index (χ0) is 21.2. The fourth-order valence-corrected chi connectivity index (χ4v) is 3.34. The van der Waals surface area contributed by atoms with Crippen molar-refractivity contribution < 1.29 is 19.0 Å². The van der Waals surface area contributed by atoms with Crippen molar-refractivity contribution in [1.82, 2.24) is 0 Å². The zero-order valence-corrected chi connectivity index (χ0v) is 19.0. The Bertz CT molecular complexity index is 542. The number of hydrogen-bond acceptors (Lipinski definition) is 4. The topological polar surface area (TPSA) is 44.8 Å². The van der Waals surface area contributed by atoms with E-state index >= 15 is 0 Å². The molecule has 0 bridgehead atoms. The van der Waals surface area contributed by atoms with E-state index in [1.54, 1.807) is 12.1 Å². The minimum Gasteiger partial charge on any atom is -0.494 e. The van der Waals surface area contributed by atoms with Crippen LogP contribution in [0, 0.1) is 0 Å². The van der Waals surface area contributed by atoms with Crippen LogP contribution < -0.4 is 9.47 Å². The number of carbonyl (C=O) groups excluding carboxylic acids is 1. The second kappa shape index (κ2) is 17.2. The third-order valence-corrected chi connectivity index (χ3v) is 5.08. The molecule has 4 heteroatoms. The lowest BCUT2D eigenvalue weighted by Crippen LogP contribution is -2.07. The smallest absolute Gasteiger partial charge is 0.341 e. The summed E-state index contributed by atoms with van der Waals surface area (Å²) in [6.07, 6.45) is 16.8. The average Bonchev–Trinajstić information content (AvgIpc) is 2.75. The van der Waals surface area contributed by atoms with E-state index in [0.717, 1.165) is 12.8 Å². The molecule has 29 heavy (non-hydrogen) atoms. The molecule has 1 rings (SSSR count). The van der Waals surface area contributed by atoms with E-state index in [4.69, 9.17) is 14.2 Å². The van der Waals surface area contributed by atoms with Gasteiger partial charge in [0, 0.05) is 0 Å². The molecular formula is C25H42O4. The maximum atomic E-state index is 12.0. The predicted molar refractivity (Wildman–Crippen MR) is 120 cm³/mol. The summed E-state index contributed by atoms with van der Waals surface area (Å²) in [7, 11) is 1.38. The van der Waals surface area contributed by atoms with Gasteiger partial charge in [0.2, 0.25) is 0 Å². The summed E-state index contributed by atoms with van der Waals surface area (Å²) in [5.41, 5.74) is 0.424. The Balaban J connectivity index is 2.15. The molecule has 0 radical (unpaired) electrons. The lowest BCUT2D eigenvalue weighted by Gasteiger charge is -2.12. The van der Waals surface area contributed by atoms with Crippen LogP contribution in [0.5, 0.6) is 11.5 Å². The van der Waals surface area contributed by atoms with Crippen LogP contribution in [-0.4, -0.2) is 26.3 Å². The van der Waals surface area contributed by atoms with E-state index in [9.17, 15) is 4.79 Å². The first-order chi connectivity index (χ1) is 14.2. The van der Waals surface area contributed by atoms with Crippen LogP contribution in [0.2, 0.25) is 0 Å². The van der Waals surface area contributed by atoms with Crippen LogP contribution in [0.4, 0.5) is 0 Å². The van der Waals surface area contributed by atoms with E-state index < -0.39 is 5.97 Å². The number of methoxy groups -OCH3 is 1. The number of rotatable bonds is 18. The van der Waals surface area contributed by atoms with Crippen LogP contribution in [0.15, 0.2) is 18.2 Å². The van der Waals surface area contributed by atoms with Crippen LogP contribution in [0.25, 0.3) is 0 Å². The Kier molecular flexibility index (Phi) is 15.0. The van der Waals surface area contributed by atoms with Gasteiger partial charge in [-0.1, -0.05) is 84.5 Å². The summed E-state index contributed by atoms with van der Waals surface area (Å²) in [5, 5.41) is 0. The predicted octanol–water partition coefficient (Wildman–Crippen LogP) is 7.34. The normalized spacial score (nSPS) is 10.7. The Hall–Kier alpha value is -1.71. The number of esters is 1. The monoisotopic (exact) mass is 406 g/mol. The maximum absolute atomic E-state index is 12.0. The second-order valence-corrected chi connectivity index (χ2v) is 7.74. The molecular weight excluding hydrogens is 364 g/mol. The molecule has 0 fully saturated rings. The Morgan fingerprint density at radius 3 is 1.86 bits per heavy atom. The molecule has 4 nitrogen and oxygen atoms in total. The van der Waals surface area contributed by atoms with Gasteiger partial charge in [0.25, 0.3) is 0 Å². The number of unbranched alkanes of at least 4 members (excludes halogenated alkanes) is 11. The molecule has 0 aliphatic heterocycles. The molecule has 0 saturated heterocycles. The van der Waals surface area contributed by atoms with Crippen LogP contribution in [0.1, 0.15) is 108 Å². The molecule has 0 aliphatic rings. The van der Waals surface area contributed by atoms with Crippen LogP contribution in [0.3, 0.4) is 0 Å². The number of benzene rings is 1. The van der Waals surface area contributed by atoms with E-state index in [1.165, 1.54) is 77.7 Å². The fourth-order valence-electron chi connectivity index (χ4n) is 3.34. The van der Waals surface area contributed by atoms with Gasteiger partial charge in [-0.15, -0.1) is 0 Å². The first-order valence-corrected chi connectivity index (χ1v) is 11.7. The van der Waals surface area contributed by atoms with Gasteiger partial charge in [0.15, 0.2) is 0 Å². The lowest BCUT2D eigenvalue weighted by atomic mass is 10.1. The van der Waals surface area contributed by atoms with Gasteiger partial charge < -0.3 is 14.2 Å². The summed E-state index contributed by atoms with van der Waals surface area (Å²) in [5.74, 6) is 0.848. The van der Waals surface area contributed by atoms with Gasteiger partial charge in [-0.2, -0.15) is 0 Å². The fraction of sp³-hybridized carbons (Fsp3) is 0.720. The molecule has 0 heterocycles. The van der Waals surface area contributed by atoms with Crippen molar-refractivity contribution in [3.05, 3.63) is 23.8 Å². The average molecular weight is 407 g/mol. The quantitative estimate of drug-likeness (QED) is 0.189. The van der Waals surface area contributed by atoms with Gasteiger partial charge in [-0.25, -0.2) is 4.79 Å². The molecule has 0 amide bonds. The highest BCUT2D eigenvalue weighted by atomic mass is 16.5. The van der Waals surface area contributed by atoms with Gasteiger partial charge in [-0.05, 0) is 31.0 Å². The minimum absolute atomic E-state index is 0.396. The summed E-state index contributed by atoms with van der Waals surface area (Å²) >= 11 is 0. The highest BCUT2D eigenvalue weighted by Gasteiger charge is 2.14. The molecule has 0 aromatic heterocycles. The van der Waals surface area contributed by atoms with Gasteiger partial charge in [0.1, 0.15) is 17.1 Å². The molecule has 1 aromatic rings. The third kappa shape index (κ3) is 11.8. The highest BCUT2D eigenvalue weighted by molar-refractivity contribution is 5.92. The van der Waals surface area contributed by atoms with E-state index in [1.807, 2.05) is 13.0 Å². The minimum atomic E-state index is -0.396. The molecule has 0 aliphatic carbocycles. The van der Waals surface area contributed by atoms with Crippen LogP contribution in [-0.2, 0) is 4.74 Å². The van der Waals surface area contributed by atoms with E-state index in [-0.39, 0.29) is 0 Å². The van der Waals surface area contributed by atoms with Gasteiger partial charge in [0.05, 0.1) is 20.3 Å². The Morgan fingerprint density at radius 1 is 0.724 bits per heavy atom. The van der Waals surface area contributed by atoms with Crippen molar-refractivity contribution in [2.24, 2.45) is 0 Å². The first kappa shape index (κ1) is 25.3. The Morgan fingerprint density at radius 2 is 1.31 bits per heavy atom. The Labute approximate surface area is 178 Å². The molecule has 0 unspecified atom stereocenters. The highest BCUT2D eigenvalue weighted by Crippen LogP contribution is 2.25. The zero-order valence-electron chi connectivity index (χ0n) is 19.0. The van der Waals surface area contributed by atoms with E-state index in [2.05, 4.69) is 6.92 Å².